The van der Waals surface area contributed by atoms with Crippen molar-refractivity contribution in [3.8, 4) is 11.3 Å². The van der Waals surface area contributed by atoms with Gasteiger partial charge in [-0.3, -0.25) is 0 Å². The average molecular weight is 420 g/mol. The molecule has 3 heterocycles. The van der Waals surface area contributed by atoms with Gasteiger partial charge in [0.2, 0.25) is 0 Å². The monoisotopic (exact) mass is 419 g/mol. The van der Waals surface area contributed by atoms with Crippen LogP contribution in [-0.4, -0.2) is 46.3 Å². The summed E-state index contributed by atoms with van der Waals surface area (Å²) in [5.74, 6) is 0. The zero-order chi connectivity index (χ0) is 21.8. The van der Waals surface area contributed by atoms with E-state index in [9.17, 15) is 0 Å². The van der Waals surface area contributed by atoms with Gasteiger partial charge in [0.25, 0.3) is 0 Å². The highest BCUT2D eigenvalue weighted by Gasteiger charge is 2.19. The van der Waals surface area contributed by atoms with Gasteiger partial charge in [-0.05, 0) is 70.8 Å². The summed E-state index contributed by atoms with van der Waals surface area (Å²) in [6, 6.07) is 11.5. The van der Waals surface area contributed by atoms with Crippen molar-refractivity contribution in [3.05, 3.63) is 42.1 Å². The Labute approximate surface area is 187 Å². The molecule has 0 saturated carbocycles. The van der Waals surface area contributed by atoms with Crippen LogP contribution < -0.4 is 4.90 Å². The molecule has 31 heavy (non-hydrogen) atoms. The number of aromatic nitrogens is 3. The third-order valence-corrected chi connectivity index (χ3v) is 6.30. The molecular weight excluding hydrogens is 382 g/mol. The second kappa shape index (κ2) is 9.82. The van der Waals surface area contributed by atoms with Crippen LogP contribution in [0.1, 0.15) is 64.5 Å². The maximum atomic E-state index is 5.11. The van der Waals surface area contributed by atoms with Crippen LogP contribution >= 0.6 is 0 Å². The first-order valence-electron chi connectivity index (χ1n) is 12.0. The third-order valence-electron chi connectivity index (χ3n) is 6.30. The van der Waals surface area contributed by atoms with E-state index in [1.54, 1.807) is 0 Å². The molecule has 0 aliphatic carbocycles. The van der Waals surface area contributed by atoms with Crippen molar-refractivity contribution in [3.63, 3.8) is 0 Å². The van der Waals surface area contributed by atoms with Crippen molar-refractivity contribution in [1.82, 2.24) is 19.7 Å². The number of fused-ring (bicyclic) bond motifs is 1. The van der Waals surface area contributed by atoms with Gasteiger partial charge in [-0.2, -0.15) is 5.10 Å². The van der Waals surface area contributed by atoms with E-state index in [1.165, 1.54) is 54.3 Å². The number of pyridine rings is 1. The van der Waals surface area contributed by atoms with Crippen LogP contribution in [0.3, 0.4) is 0 Å². The Kier molecular flexibility index (Phi) is 6.91. The Bertz CT molecular complexity index is 1000. The summed E-state index contributed by atoms with van der Waals surface area (Å²) in [6.07, 6.45) is 8.34. The fourth-order valence-corrected chi connectivity index (χ4v) is 4.57. The molecule has 1 saturated heterocycles. The summed E-state index contributed by atoms with van der Waals surface area (Å²) in [6.45, 7) is 10.9. The summed E-state index contributed by atoms with van der Waals surface area (Å²) < 4.78 is 2.06. The molecule has 0 atom stereocenters. The van der Waals surface area contributed by atoms with Crippen LogP contribution in [0, 0.1) is 0 Å². The van der Waals surface area contributed by atoms with Gasteiger partial charge in [0, 0.05) is 31.2 Å². The molecular formula is C26H37N5. The number of rotatable bonds is 8. The molecule has 0 amide bonds. The van der Waals surface area contributed by atoms with Crippen LogP contribution in [0.4, 0.5) is 5.69 Å². The Morgan fingerprint density at radius 2 is 1.90 bits per heavy atom. The highest BCUT2D eigenvalue weighted by molar-refractivity contribution is 5.92. The normalized spacial score (nSPS) is 14.8. The molecule has 0 radical (unpaired) electrons. The average Bonchev–Trinajstić information content (AvgIpc) is 3.22. The Balaban J connectivity index is 1.73. The van der Waals surface area contributed by atoms with Gasteiger partial charge >= 0.3 is 0 Å². The first-order chi connectivity index (χ1) is 15.1. The topological polar surface area (TPSA) is 37.2 Å². The lowest BCUT2D eigenvalue weighted by atomic mass is 10.0. The molecule has 1 aliphatic rings. The molecule has 1 aliphatic heterocycles. The molecule has 166 valence electrons. The molecule has 5 nitrogen and oxygen atoms in total. The number of anilines is 1. The quantitative estimate of drug-likeness (QED) is 0.455. The van der Waals surface area contributed by atoms with Gasteiger partial charge in [-0.25, -0.2) is 9.67 Å². The van der Waals surface area contributed by atoms with E-state index in [-0.39, 0.29) is 6.04 Å². The predicted octanol–water partition coefficient (Wildman–Crippen LogP) is 5.90. The zero-order valence-electron chi connectivity index (χ0n) is 19.6. The maximum absolute atomic E-state index is 5.11. The van der Waals surface area contributed by atoms with Crippen LogP contribution in [0.25, 0.3) is 22.3 Å². The number of hydrogen-bond donors (Lipinski definition) is 0. The van der Waals surface area contributed by atoms with E-state index in [0.29, 0.717) is 0 Å². The lowest BCUT2D eigenvalue weighted by molar-refractivity contribution is 0.321. The summed E-state index contributed by atoms with van der Waals surface area (Å²) in [7, 11) is 2.21. The fourth-order valence-electron chi connectivity index (χ4n) is 4.57. The zero-order valence-corrected chi connectivity index (χ0v) is 19.6. The lowest BCUT2D eigenvalue weighted by Gasteiger charge is -2.29. The maximum Gasteiger partial charge on any atom is 0.160 e. The second-order valence-corrected chi connectivity index (χ2v) is 9.29. The summed E-state index contributed by atoms with van der Waals surface area (Å²) in [4.78, 5) is 10.1. The van der Waals surface area contributed by atoms with Gasteiger partial charge in [-0.15, -0.1) is 0 Å². The molecule has 0 bridgehead atoms. The minimum Gasteiger partial charge on any atom is -0.371 e. The highest BCUT2D eigenvalue weighted by atomic mass is 15.3. The first-order valence-corrected chi connectivity index (χ1v) is 12.0. The summed E-state index contributed by atoms with van der Waals surface area (Å²) >= 11 is 0. The lowest BCUT2D eigenvalue weighted by Crippen LogP contribution is -2.29. The Morgan fingerprint density at radius 3 is 2.65 bits per heavy atom. The first kappa shape index (κ1) is 21.8. The van der Waals surface area contributed by atoms with E-state index in [2.05, 4.69) is 72.6 Å². The van der Waals surface area contributed by atoms with E-state index in [0.717, 1.165) is 37.5 Å². The molecule has 1 fully saturated rings. The van der Waals surface area contributed by atoms with Crippen LogP contribution in [-0.2, 0) is 6.54 Å². The largest absolute Gasteiger partial charge is 0.371 e. The van der Waals surface area contributed by atoms with Crippen LogP contribution in [0.5, 0.6) is 0 Å². The summed E-state index contributed by atoms with van der Waals surface area (Å²) in [5, 5.41) is 5.87. The van der Waals surface area contributed by atoms with E-state index in [4.69, 9.17) is 10.1 Å². The molecule has 4 rings (SSSR count). The van der Waals surface area contributed by atoms with Crippen LogP contribution in [0.15, 0.2) is 36.5 Å². The minimum atomic E-state index is 0.285. The van der Waals surface area contributed by atoms with Crippen molar-refractivity contribution >= 4 is 16.7 Å². The smallest absolute Gasteiger partial charge is 0.160 e. The molecule has 0 unspecified atom stereocenters. The van der Waals surface area contributed by atoms with Crippen molar-refractivity contribution in [2.24, 2.45) is 0 Å². The number of hydrogen-bond acceptors (Lipinski definition) is 4. The van der Waals surface area contributed by atoms with E-state index < -0.39 is 0 Å². The summed E-state index contributed by atoms with van der Waals surface area (Å²) in [5.41, 5.74) is 5.87. The fraction of sp³-hybridized carbons (Fsp3) is 0.538. The molecule has 5 heteroatoms. The molecule has 0 N–H and O–H groups in total. The van der Waals surface area contributed by atoms with Crippen LogP contribution in [0.2, 0.25) is 0 Å². The standard InChI is InChI=1S/C26H37N5/c1-5-6-13-29(4)19-21-11-10-12-22(16-21)24-17-25(30-14-8-7-9-15-30)23-18-27-31(20(2)3)26(23)28-24/h10-12,16-18,20H,5-9,13-15,19H2,1-4H3. The Hall–Kier alpha value is -2.40. The third kappa shape index (κ3) is 4.93. The number of unbranched alkanes of at least 4 members (excludes halogenated alkanes) is 1. The number of benzene rings is 1. The minimum absolute atomic E-state index is 0.285. The molecule has 1 aromatic carbocycles. The molecule has 0 spiro atoms. The van der Waals surface area contributed by atoms with Gasteiger partial charge in [0.15, 0.2) is 5.65 Å². The SMILES string of the molecule is CCCCN(C)Cc1cccc(-c2cc(N3CCCCC3)c3cnn(C(C)C)c3n2)c1. The van der Waals surface area contributed by atoms with E-state index in [1.807, 2.05) is 6.20 Å². The van der Waals surface area contributed by atoms with E-state index >= 15 is 0 Å². The van der Waals surface area contributed by atoms with Crippen molar-refractivity contribution in [1.29, 1.82) is 0 Å². The van der Waals surface area contributed by atoms with Crippen molar-refractivity contribution in [2.45, 2.75) is 65.5 Å². The second-order valence-electron chi connectivity index (χ2n) is 9.29. The van der Waals surface area contributed by atoms with Gasteiger partial charge in [-0.1, -0.05) is 31.5 Å². The molecule has 3 aromatic rings. The van der Waals surface area contributed by atoms with Crippen molar-refractivity contribution in [2.75, 3.05) is 31.6 Å². The van der Waals surface area contributed by atoms with Crippen molar-refractivity contribution < 1.29 is 0 Å². The van der Waals surface area contributed by atoms with Gasteiger partial charge in [0.1, 0.15) is 0 Å². The van der Waals surface area contributed by atoms with Gasteiger partial charge in [0.05, 0.1) is 23.0 Å². The molecule has 2 aromatic heterocycles. The number of piperidine rings is 1. The predicted molar refractivity (Wildman–Crippen MR) is 131 cm³/mol. The number of nitrogens with zero attached hydrogens (tertiary/aromatic N) is 5. The highest BCUT2D eigenvalue weighted by Crippen LogP contribution is 2.33. The van der Waals surface area contributed by atoms with Gasteiger partial charge < -0.3 is 9.80 Å². The Morgan fingerprint density at radius 1 is 1.10 bits per heavy atom.